The summed E-state index contributed by atoms with van der Waals surface area (Å²) in [6, 6.07) is 9.65. The first kappa shape index (κ1) is 15.2. The molecule has 0 saturated heterocycles. The van der Waals surface area contributed by atoms with Crippen LogP contribution in [0.3, 0.4) is 0 Å². The summed E-state index contributed by atoms with van der Waals surface area (Å²) in [6.45, 7) is 0.984. The Kier molecular flexibility index (Phi) is 4.08. The van der Waals surface area contributed by atoms with Crippen LogP contribution in [-0.2, 0) is 13.1 Å². The Morgan fingerprint density at radius 1 is 1.30 bits per heavy atom. The van der Waals surface area contributed by atoms with Crippen molar-refractivity contribution in [3.8, 4) is 0 Å². The van der Waals surface area contributed by atoms with Crippen molar-refractivity contribution in [1.29, 1.82) is 0 Å². The van der Waals surface area contributed by atoms with Crippen LogP contribution in [0.1, 0.15) is 21.7 Å². The summed E-state index contributed by atoms with van der Waals surface area (Å²) in [6.07, 6.45) is 1.58. The van der Waals surface area contributed by atoms with Gasteiger partial charge in [0.2, 0.25) is 0 Å². The number of halogens is 1. The highest BCUT2D eigenvalue weighted by molar-refractivity contribution is 5.88. The van der Waals surface area contributed by atoms with Crippen LogP contribution in [0.15, 0.2) is 42.6 Å². The minimum absolute atomic E-state index is 0.207. The molecule has 0 aliphatic carbocycles. The molecule has 2 aromatic heterocycles. The Balaban J connectivity index is 1.76. The molecule has 23 heavy (non-hydrogen) atoms. The molecule has 2 heterocycles. The van der Waals surface area contributed by atoms with Crippen molar-refractivity contribution in [2.75, 3.05) is 7.05 Å². The highest BCUT2D eigenvalue weighted by atomic mass is 19.1. The summed E-state index contributed by atoms with van der Waals surface area (Å²) in [5.74, 6) is -1.25. The zero-order valence-corrected chi connectivity index (χ0v) is 12.6. The predicted molar refractivity (Wildman–Crippen MR) is 84.6 cm³/mol. The fraction of sp³-hybridized carbons (Fsp3) is 0.176. The van der Waals surface area contributed by atoms with Crippen LogP contribution >= 0.6 is 0 Å². The molecule has 0 fully saturated rings. The first-order valence-electron chi connectivity index (χ1n) is 7.16. The van der Waals surface area contributed by atoms with E-state index in [0.717, 1.165) is 16.6 Å². The SMILES string of the molecule is CN(Cc1cc2cc(F)ccc2[nH]1)Cc1ncccc1C(=O)O. The normalized spacial score (nSPS) is 11.3. The van der Waals surface area contributed by atoms with Crippen molar-refractivity contribution in [2.24, 2.45) is 0 Å². The van der Waals surface area contributed by atoms with Gasteiger partial charge in [0.05, 0.1) is 11.3 Å². The Morgan fingerprint density at radius 2 is 2.13 bits per heavy atom. The van der Waals surface area contributed by atoms with Crippen molar-refractivity contribution in [3.05, 3.63) is 65.4 Å². The number of aromatic amines is 1. The number of aromatic carboxylic acids is 1. The highest BCUT2D eigenvalue weighted by Gasteiger charge is 2.13. The highest BCUT2D eigenvalue weighted by Crippen LogP contribution is 2.18. The molecule has 2 N–H and O–H groups in total. The van der Waals surface area contributed by atoms with E-state index in [1.165, 1.54) is 12.1 Å². The number of nitrogens with zero attached hydrogens (tertiary/aromatic N) is 2. The summed E-state index contributed by atoms with van der Waals surface area (Å²) in [5, 5.41) is 10.0. The van der Waals surface area contributed by atoms with Crippen LogP contribution in [0.25, 0.3) is 10.9 Å². The molecule has 0 aliphatic rings. The maximum Gasteiger partial charge on any atom is 0.337 e. The number of hydrogen-bond donors (Lipinski definition) is 2. The third kappa shape index (κ3) is 3.37. The maximum absolute atomic E-state index is 13.2. The molecule has 0 saturated carbocycles. The number of H-pyrrole nitrogens is 1. The molecule has 5 nitrogen and oxygen atoms in total. The standard InChI is InChI=1S/C17H16FN3O2/c1-21(10-16-14(17(22)23)3-2-6-19-16)9-13-8-11-7-12(18)4-5-15(11)20-13/h2-8,20H,9-10H2,1H3,(H,22,23). The van der Waals surface area contributed by atoms with Crippen LogP contribution in [0.5, 0.6) is 0 Å². The van der Waals surface area contributed by atoms with Crippen LogP contribution < -0.4 is 0 Å². The molecule has 0 bridgehead atoms. The maximum atomic E-state index is 13.2. The average molecular weight is 313 g/mol. The molecule has 0 atom stereocenters. The first-order chi connectivity index (χ1) is 11.0. The molecule has 3 rings (SSSR count). The monoisotopic (exact) mass is 313 g/mol. The quantitative estimate of drug-likeness (QED) is 0.759. The lowest BCUT2D eigenvalue weighted by Crippen LogP contribution is -2.20. The molecule has 0 unspecified atom stereocenters. The number of hydrogen-bond acceptors (Lipinski definition) is 3. The number of fused-ring (bicyclic) bond motifs is 1. The fourth-order valence-corrected chi connectivity index (χ4v) is 2.61. The van der Waals surface area contributed by atoms with E-state index in [1.54, 1.807) is 24.4 Å². The summed E-state index contributed by atoms with van der Waals surface area (Å²) in [7, 11) is 1.88. The van der Waals surface area contributed by atoms with E-state index in [0.29, 0.717) is 18.8 Å². The van der Waals surface area contributed by atoms with Crippen LogP contribution in [0.2, 0.25) is 0 Å². The van der Waals surface area contributed by atoms with E-state index in [-0.39, 0.29) is 11.4 Å². The van der Waals surface area contributed by atoms with Crippen LogP contribution in [0, 0.1) is 5.82 Å². The smallest absolute Gasteiger partial charge is 0.337 e. The molecule has 0 spiro atoms. The van der Waals surface area contributed by atoms with Crippen molar-refractivity contribution < 1.29 is 14.3 Å². The van der Waals surface area contributed by atoms with Gasteiger partial charge >= 0.3 is 5.97 Å². The van der Waals surface area contributed by atoms with Crippen molar-refractivity contribution >= 4 is 16.9 Å². The summed E-state index contributed by atoms with van der Waals surface area (Å²) < 4.78 is 13.2. The Bertz CT molecular complexity index is 860. The van der Waals surface area contributed by atoms with Gasteiger partial charge in [0.25, 0.3) is 0 Å². The minimum atomic E-state index is -0.984. The topological polar surface area (TPSA) is 69.2 Å². The molecular weight excluding hydrogens is 297 g/mol. The van der Waals surface area contributed by atoms with E-state index in [9.17, 15) is 14.3 Å². The predicted octanol–water partition coefficient (Wildman–Crippen LogP) is 3.03. The number of rotatable bonds is 5. The van der Waals surface area contributed by atoms with Gasteiger partial charge in [-0.1, -0.05) is 0 Å². The van der Waals surface area contributed by atoms with Crippen molar-refractivity contribution in [2.45, 2.75) is 13.1 Å². The van der Waals surface area contributed by atoms with Gasteiger partial charge in [0.1, 0.15) is 5.82 Å². The van der Waals surface area contributed by atoms with E-state index in [4.69, 9.17) is 0 Å². The van der Waals surface area contributed by atoms with E-state index >= 15 is 0 Å². The van der Waals surface area contributed by atoms with Gasteiger partial charge in [0, 0.05) is 35.9 Å². The Labute approximate surface area is 132 Å². The third-order valence-corrected chi connectivity index (χ3v) is 3.62. The zero-order valence-electron chi connectivity index (χ0n) is 12.6. The number of carboxylic acids is 1. The largest absolute Gasteiger partial charge is 0.478 e. The number of carboxylic acid groups (broad SMARTS) is 1. The number of pyridine rings is 1. The zero-order chi connectivity index (χ0) is 16.4. The van der Waals surface area contributed by atoms with Crippen molar-refractivity contribution in [1.82, 2.24) is 14.9 Å². The molecule has 118 valence electrons. The third-order valence-electron chi connectivity index (χ3n) is 3.62. The van der Waals surface area contributed by atoms with Crippen molar-refractivity contribution in [3.63, 3.8) is 0 Å². The second-order valence-corrected chi connectivity index (χ2v) is 5.50. The number of benzene rings is 1. The second-order valence-electron chi connectivity index (χ2n) is 5.50. The van der Waals surface area contributed by atoms with Crippen LogP contribution in [0.4, 0.5) is 4.39 Å². The molecule has 3 aromatic rings. The average Bonchev–Trinajstić information content (AvgIpc) is 2.88. The summed E-state index contributed by atoms with van der Waals surface area (Å²) >= 11 is 0. The summed E-state index contributed by atoms with van der Waals surface area (Å²) in [4.78, 5) is 20.6. The van der Waals surface area contributed by atoms with Gasteiger partial charge in [-0.2, -0.15) is 0 Å². The van der Waals surface area contributed by atoms with Gasteiger partial charge in [-0.25, -0.2) is 9.18 Å². The summed E-state index contributed by atoms with van der Waals surface area (Å²) in [5.41, 5.74) is 2.53. The van der Waals surface area contributed by atoms with Gasteiger partial charge < -0.3 is 10.1 Å². The molecular formula is C17H16FN3O2. The van der Waals surface area contributed by atoms with Gasteiger partial charge in [0.15, 0.2) is 0 Å². The molecule has 0 amide bonds. The lowest BCUT2D eigenvalue weighted by Gasteiger charge is -2.16. The van der Waals surface area contributed by atoms with E-state index in [1.807, 2.05) is 18.0 Å². The van der Waals surface area contributed by atoms with Gasteiger partial charge in [-0.05, 0) is 43.4 Å². The second kappa shape index (κ2) is 6.18. The fourth-order valence-electron chi connectivity index (χ4n) is 2.61. The molecule has 0 radical (unpaired) electrons. The van der Waals surface area contributed by atoms with E-state index in [2.05, 4.69) is 9.97 Å². The lowest BCUT2D eigenvalue weighted by molar-refractivity contribution is 0.0694. The number of aromatic nitrogens is 2. The Hall–Kier alpha value is -2.73. The first-order valence-corrected chi connectivity index (χ1v) is 7.16. The lowest BCUT2D eigenvalue weighted by atomic mass is 10.2. The Morgan fingerprint density at radius 3 is 2.91 bits per heavy atom. The van der Waals surface area contributed by atoms with Gasteiger partial charge in [-0.3, -0.25) is 9.88 Å². The minimum Gasteiger partial charge on any atom is -0.478 e. The molecule has 6 heteroatoms. The molecule has 0 aliphatic heterocycles. The van der Waals surface area contributed by atoms with E-state index < -0.39 is 5.97 Å². The number of nitrogens with one attached hydrogen (secondary N) is 1. The molecule has 1 aromatic carbocycles. The van der Waals surface area contributed by atoms with Gasteiger partial charge in [-0.15, -0.1) is 0 Å². The van der Waals surface area contributed by atoms with Crippen LogP contribution in [-0.4, -0.2) is 33.0 Å². The number of carbonyl (C=O) groups is 1.